The van der Waals surface area contributed by atoms with Crippen molar-refractivity contribution in [1.82, 2.24) is 14.7 Å². The zero-order valence-electron chi connectivity index (χ0n) is 16.2. The van der Waals surface area contributed by atoms with E-state index in [-0.39, 0.29) is 11.9 Å². The summed E-state index contributed by atoms with van der Waals surface area (Å²) in [7, 11) is 1.96. The number of para-hydroxylation sites is 1. The van der Waals surface area contributed by atoms with Gasteiger partial charge in [-0.3, -0.25) is 14.4 Å². The molecule has 4 rings (SSSR count). The molecule has 1 aromatic heterocycles. The number of hydrogen-bond donors (Lipinski definition) is 1. The van der Waals surface area contributed by atoms with Gasteiger partial charge in [-0.1, -0.05) is 48.5 Å². The van der Waals surface area contributed by atoms with Gasteiger partial charge in [0.05, 0.1) is 6.20 Å². The maximum Gasteiger partial charge on any atom is 0.246 e. The minimum atomic E-state index is -0.281. The molecule has 5 nitrogen and oxygen atoms in total. The summed E-state index contributed by atoms with van der Waals surface area (Å²) in [6.45, 7) is 1.78. The SMILES string of the molecule is Cn1cc(C2CCN([C@@H](C(=O)Nc3ccccc3)c3ccccc3)CC2)cn1. The minimum absolute atomic E-state index is 0.0252. The zero-order valence-corrected chi connectivity index (χ0v) is 16.2. The summed E-state index contributed by atoms with van der Waals surface area (Å²) in [5.74, 6) is 0.538. The van der Waals surface area contributed by atoms with Crippen molar-refractivity contribution in [3.05, 3.63) is 84.2 Å². The fraction of sp³-hybridized carbons (Fsp3) is 0.304. The molecule has 1 saturated heterocycles. The van der Waals surface area contributed by atoms with Crippen molar-refractivity contribution in [2.45, 2.75) is 24.8 Å². The molecule has 1 aliphatic heterocycles. The van der Waals surface area contributed by atoms with Gasteiger partial charge in [0.1, 0.15) is 6.04 Å². The number of rotatable bonds is 5. The number of hydrogen-bond acceptors (Lipinski definition) is 3. The average Bonchev–Trinajstić information content (AvgIpc) is 3.17. The highest BCUT2D eigenvalue weighted by Crippen LogP contribution is 2.32. The van der Waals surface area contributed by atoms with Crippen LogP contribution in [-0.2, 0) is 11.8 Å². The smallest absolute Gasteiger partial charge is 0.246 e. The monoisotopic (exact) mass is 374 g/mol. The number of nitrogens with one attached hydrogen (secondary N) is 1. The minimum Gasteiger partial charge on any atom is -0.324 e. The molecular formula is C23H26N4O. The summed E-state index contributed by atoms with van der Waals surface area (Å²) in [4.78, 5) is 15.5. The first kappa shape index (κ1) is 18.4. The van der Waals surface area contributed by atoms with E-state index in [1.165, 1.54) is 5.56 Å². The molecule has 1 N–H and O–H groups in total. The highest BCUT2D eigenvalue weighted by molar-refractivity contribution is 5.95. The Bertz CT molecular complexity index is 899. The molecule has 3 aromatic rings. The van der Waals surface area contributed by atoms with E-state index in [0.717, 1.165) is 37.2 Å². The molecule has 2 heterocycles. The number of amides is 1. The normalized spacial score (nSPS) is 16.6. The van der Waals surface area contributed by atoms with E-state index in [2.05, 4.69) is 21.5 Å². The summed E-state index contributed by atoms with van der Waals surface area (Å²) < 4.78 is 1.86. The molecule has 1 fully saturated rings. The Morgan fingerprint density at radius 1 is 1.04 bits per heavy atom. The lowest BCUT2D eigenvalue weighted by molar-refractivity contribution is -0.122. The third-order valence-electron chi connectivity index (χ3n) is 5.50. The van der Waals surface area contributed by atoms with Gasteiger partial charge in [0.25, 0.3) is 0 Å². The van der Waals surface area contributed by atoms with Gasteiger partial charge in [-0.2, -0.15) is 5.10 Å². The Kier molecular flexibility index (Phi) is 5.53. The van der Waals surface area contributed by atoms with Crippen LogP contribution >= 0.6 is 0 Å². The van der Waals surface area contributed by atoms with Crippen LogP contribution in [-0.4, -0.2) is 33.7 Å². The molecule has 1 atom stereocenters. The van der Waals surface area contributed by atoms with Crippen LogP contribution in [0.3, 0.4) is 0 Å². The lowest BCUT2D eigenvalue weighted by Crippen LogP contribution is -2.41. The van der Waals surface area contributed by atoms with E-state index in [0.29, 0.717) is 5.92 Å². The van der Waals surface area contributed by atoms with Crippen molar-refractivity contribution >= 4 is 11.6 Å². The Morgan fingerprint density at radius 2 is 1.68 bits per heavy atom. The number of aromatic nitrogens is 2. The van der Waals surface area contributed by atoms with E-state index >= 15 is 0 Å². The lowest BCUT2D eigenvalue weighted by atomic mass is 9.90. The summed E-state index contributed by atoms with van der Waals surface area (Å²) in [6.07, 6.45) is 6.15. The molecule has 0 radical (unpaired) electrons. The molecule has 28 heavy (non-hydrogen) atoms. The van der Waals surface area contributed by atoms with Crippen LogP contribution in [0.25, 0.3) is 0 Å². The van der Waals surface area contributed by atoms with Crippen molar-refractivity contribution in [2.75, 3.05) is 18.4 Å². The predicted octanol–water partition coefficient (Wildman–Crippen LogP) is 3.98. The van der Waals surface area contributed by atoms with Crippen LogP contribution in [0.5, 0.6) is 0 Å². The van der Waals surface area contributed by atoms with Crippen LogP contribution < -0.4 is 5.32 Å². The Morgan fingerprint density at radius 3 is 2.29 bits per heavy atom. The highest BCUT2D eigenvalue weighted by Gasteiger charge is 2.31. The first-order chi connectivity index (χ1) is 13.7. The van der Waals surface area contributed by atoms with E-state index in [4.69, 9.17) is 0 Å². The average molecular weight is 374 g/mol. The summed E-state index contributed by atoms with van der Waals surface area (Å²) in [6, 6.07) is 19.5. The molecule has 0 saturated carbocycles. The molecule has 2 aromatic carbocycles. The zero-order chi connectivity index (χ0) is 19.3. The number of nitrogens with zero attached hydrogens (tertiary/aromatic N) is 3. The number of piperidine rings is 1. The number of anilines is 1. The number of carbonyl (C=O) groups is 1. The molecule has 0 spiro atoms. The summed E-state index contributed by atoms with van der Waals surface area (Å²) in [5.41, 5.74) is 3.17. The first-order valence-corrected chi connectivity index (χ1v) is 9.84. The van der Waals surface area contributed by atoms with Gasteiger partial charge in [0.2, 0.25) is 5.91 Å². The predicted molar refractivity (Wildman–Crippen MR) is 111 cm³/mol. The van der Waals surface area contributed by atoms with Gasteiger partial charge >= 0.3 is 0 Å². The molecule has 1 amide bonds. The second-order valence-corrected chi connectivity index (χ2v) is 7.43. The van der Waals surface area contributed by atoms with E-state index in [9.17, 15) is 4.79 Å². The van der Waals surface area contributed by atoms with Crippen molar-refractivity contribution < 1.29 is 4.79 Å². The van der Waals surface area contributed by atoms with Gasteiger partial charge in [-0.15, -0.1) is 0 Å². The first-order valence-electron chi connectivity index (χ1n) is 9.84. The van der Waals surface area contributed by atoms with Crippen molar-refractivity contribution in [3.63, 3.8) is 0 Å². The number of benzene rings is 2. The third kappa shape index (κ3) is 4.15. The fourth-order valence-electron chi connectivity index (χ4n) is 4.04. The number of likely N-dealkylation sites (tertiary alicyclic amines) is 1. The topological polar surface area (TPSA) is 50.2 Å². The van der Waals surface area contributed by atoms with E-state index < -0.39 is 0 Å². The van der Waals surface area contributed by atoms with Crippen molar-refractivity contribution in [3.8, 4) is 0 Å². The van der Waals surface area contributed by atoms with E-state index in [1.54, 1.807) is 0 Å². The van der Waals surface area contributed by atoms with Gasteiger partial charge in [0.15, 0.2) is 0 Å². The van der Waals surface area contributed by atoms with Crippen LogP contribution in [0.2, 0.25) is 0 Å². The molecular weight excluding hydrogens is 348 g/mol. The molecule has 0 unspecified atom stereocenters. The van der Waals surface area contributed by atoms with Gasteiger partial charge in [-0.25, -0.2) is 0 Å². The molecule has 144 valence electrons. The van der Waals surface area contributed by atoms with Crippen molar-refractivity contribution in [1.29, 1.82) is 0 Å². The molecule has 1 aliphatic rings. The largest absolute Gasteiger partial charge is 0.324 e. The van der Waals surface area contributed by atoms with Gasteiger partial charge < -0.3 is 5.32 Å². The number of carbonyl (C=O) groups excluding carboxylic acids is 1. The van der Waals surface area contributed by atoms with Gasteiger partial charge in [0, 0.05) is 18.9 Å². The van der Waals surface area contributed by atoms with Crippen LogP contribution in [0.15, 0.2) is 73.1 Å². The second-order valence-electron chi connectivity index (χ2n) is 7.43. The Hall–Kier alpha value is -2.92. The Labute approximate surface area is 166 Å². The maximum absolute atomic E-state index is 13.2. The quantitative estimate of drug-likeness (QED) is 0.735. The standard InChI is InChI=1S/C23H26N4O/c1-26-17-20(16-24-26)18-12-14-27(15-13-18)22(19-8-4-2-5-9-19)23(28)25-21-10-6-3-7-11-21/h2-11,16-18,22H,12-15H2,1H3,(H,25,28)/t22-/m1/s1. The lowest BCUT2D eigenvalue weighted by Gasteiger charge is -2.36. The second kappa shape index (κ2) is 8.40. The molecule has 5 heteroatoms. The van der Waals surface area contributed by atoms with Crippen molar-refractivity contribution in [2.24, 2.45) is 7.05 Å². The fourth-order valence-corrected chi connectivity index (χ4v) is 4.04. The van der Waals surface area contributed by atoms with Gasteiger partial charge in [-0.05, 0) is 55.1 Å². The summed E-state index contributed by atoms with van der Waals surface area (Å²) in [5, 5.41) is 7.40. The van der Waals surface area contributed by atoms with Crippen LogP contribution in [0.1, 0.15) is 35.9 Å². The molecule has 0 aliphatic carbocycles. The maximum atomic E-state index is 13.2. The third-order valence-corrected chi connectivity index (χ3v) is 5.50. The molecule has 0 bridgehead atoms. The number of aryl methyl sites for hydroxylation is 1. The van der Waals surface area contributed by atoms with Crippen LogP contribution in [0.4, 0.5) is 5.69 Å². The van der Waals surface area contributed by atoms with E-state index in [1.807, 2.05) is 78.6 Å². The highest BCUT2D eigenvalue weighted by atomic mass is 16.2. The van der Waals surface area contributed by atoms with Crippen LogP contribution in [0, 0.1) is 0 Å². The summed E-state index contributed by atoms with van der Waals surface area (Å²) >= 11 is 0. The Balaban J connectivity index is 1.50.